The Labute approximate surface area is 150 Å². The van der Waals surface area contributed by atoms with Gasteiger partial charge in [-0.1, -0.05) is 17.7 Å². The molecule has 5 nitrogen and oxygen atoms in total. The van der Waals surface area contributed by atoms with Crippen LogP contribution in [0.25, 0.3) is 0 Å². The van der Waals surface area contributed by atoms with Crippen LogP contribution in [0.5, 0.6) is 11.5 Å². The second-order valence-electron chi connectivity index (χ2n) is 5.18. The zero-order chi connectivity index (χ0) is 18.4. The van der Waals surface area contributed by atoms with Crippen LogP contribution in [0.4, 0.5) is 5.69 Å². The van der Waals surface area contributed by atoms with Gasteiger partial charge in [-0.15, -0.1) is 6.58 Å². The summed E-state index contributed by atoms with van der Waals surface area (Å²) < 4.78 is 5.45. The lowest BCUT2D eigenvalue weighted by Crippen LogP contribution is -1.97. The number of hydrogen-bond donors (Lipinski definition) is 2. The van der Waals surface area contributed by atoms with Crippen LogP contribution in [0.3, 0.4) is 0 Å². The Balaban J connectivity index is 2.35. The third-order valence-electron chi connectivity index (χ3n) is 3.39. The third kappa shape index (κ3) is 4.61. The Morgan fingerprint density at radius 2 is 2.12 bits per heavy atom. The summed E-state index contributed by atoms with van der Waals surface area (Å²) in [5, 5.41) is 19.3. The number of aromatic carboxylic acids is 1. The molecule has 0 heterocycles. The number of benzene rings is 2. The number of rotatable bonds is 7. The van der Waals surface area contributed by atoms with E-state index in [0.29, 0.717) is 30.0 Å². The van der Waals surface area contributed by atoms with Crippen molar-refractivity contribution in [2.45, 2.75) is 13.3 Å². The summed E-state index contributed by atoms with van der Waals surface area (Å²) in [6.07, 6.45) is 3.78. The smallest absolute Gasteiger partial charge is 0.337 e. The van der Waals surface area contributed by atoms with Crippen molar-refractivity contribution >= 4 is 29.5 Å². The highest BCUT2D eigenvalue weighted by molar-refractivity contribution is 6.33. The molecule has 2 rings (SSSR count). The average molecular weight is 360 g/mol. The first-order chi connectivity index (χ1) is 12.0. The number of phenolic OH excluding ortho intramolecular Hbond substituents is 1. The van der Waals surface area contributed by atoms with Gasteiger partial charge in [0, 0.05) is 11.8 Å². The number of ether oxygens (including phenoxy) is 1. The van der Waals surface area contributed by atoms with Crippen molar-refractivity contribution in [2.75, 3.05) is 6.61 Å². The Hall–Kier alpha value is -2.79. The standard InChI is InChI=1S/C19H18ClNO4/c1-3-5-13-8-12(9-17(18(13)22)25-4-2)11-21-14-6-7-15(19(23)24)16(20)10-14/h3,6-11,22H,1,4-5H2,2H3,(H,23,24). The van der Waals surface area contributed by atoms with Crippen LogP contribution in [0.2, 0.25) is 5.02 Å². The fourth-order valence-corrected chi connectivity index (χ4v) is 2.50. The quantitative estimate of drug-likeness (QED) is 0.558. The van der Waals surface area contributed by atoms with Crippen LogP contribution in [-0.2, 0) is 6.42 Å². The number of phenols is 1. The van der Waals surface area contributed by atoms with Gasteiger partial charge >= 0.3 is 5.97 Å². The highest BCUT2D eigenvalue weighted by Gasteiger charge is 2.10. The van der Waals surface area contributed by atoms with E-state index in [1.165, 1.54) is 12.1 Å². The Bertz CT molecular complexity index is 830. The predicted octanol–water partition coefficient (Wildman–Crippen LogP) is 4.62. The minimum atomic E-state index is -1.09. The average Bonchev–Trinajstić information content (AvgIpc) is 2.57. The SMILES string of the molecule is C=CCc1cc(C=Nc2ccc(C(=O)O)c(Cl)c2)cc(OCC)c1O. The molecule has 2 N–H and O–H groups in total. The molecule has 0 fully saturated rings. The summed E-state index contributed by atoms with van der Waals surface area (Å²) >= 11 is 5.94. The van der Waals surface area contributed by atoms with Gasteiger partial charge in [0.25, 0.3) is 0 Å². The number of carboxylic acids is 1. The largest absolute Gasteiger partial charge is 0.504 e. The van der Waals surface area contributed by atoms with Crippen molar-refractivity contribution in [3.8, 4) is 11.5 Å². The number of halogens is 1. The van der Waals surface area contributed by atoms with Gasteiger partial charge in [0.1, 0.15) is 0 Å². The molecule has 0 saturated heterocycles. The molecule has 2 aromatic carbocycles. The monoisotopic (exact) mass is 359 g/mol. The summed E-state index contributed by atoms with van der Waals surface area (Å²) in [7, 11) is 0. The molecule has 0 aliphatic heterocycles. The lowest BCUT2D eigenvalue weighted by molar-refractivity contribution is 0.0697. The van der Waals surface area contributed by atoms with Gasteiger partial charge in [-0.05, 0) is 49.2 Å². The molecule has 2 aromatic rings. The number of nitrogens with zero attached hydrogens (tertiary/aromatic N) is 1. The fraction of sp³-hybridized carbons (Fsp3) is 0.158. The van der Waals surface area contributed by atoms with Crippen molar-refractivity contribution in [2.24, 2.45) is 4.99 Å². The van der Waals surface area contributed by atoms with E-state index in [1.807, 2.05) is 6.92 Å². The second-order valence-corrected chi connectivity index (χ2v) is 5.59. The highest BCUT2D eigenvalue weighted by Crippen LogP contribution is 2.32. The van der Waals surface area contributed by atoms with Gasteiger partial charge < -0.3 is 14.9 Å². The molecule has 0 spiro atoms. The molecule has 0 aliphatic rings. The van der Waals surface area contributed by atoms with E-state index in [2.05, 4.69) is 11.6 Å². The van der Waals surface area contributed by atoms with Gasteiger partial charge in [-0.25, -0.2) is 4.79 Å². The topological polar surface area (TPSA) is 79.1 Å². The first kappa shape index (κ1) is 18.5. The van der Waals surface area contributed by atoms with Gasteiger partial charge in [0.15, 0.2) is 11.5 Å². The van der Waals surface area contributed by atoms with E-state index in [9.17, 15) is 9.90 Å². The maximum Gasteiger partial charge on any atom is 0.337 e. The van der Waals surface area contributed by atoms with Gasteiger partial charge in [0.05, 0.1) is 22.9 Å². The second kappa shape index (κ2) is 8.35. The predicted molar refractivity (Wildman–Crippen MR) is 98.8 cm³/mol. The minimum Gasteiger partial charge on any atom is -0.504 e. The van der Waals surface area contributed by atoms with Crippen LogP contribution in [0, 0.1) is 0 Å². The Kier molecular flexibility index (Phi) is 6.19. The van der Waals surface area contributed by atoms with Crippen LogP contribution in [-0.4, -0.2) is 29.0 Å². The van der Waals surface area contributed by atoms with Crippen molar-refractivity contribution < 1.29 is 19.7 Å². The summed E-state index contributed by atoms with van der Waals surface area (Å²) in [6.45, 7) is 5.94. The molecule has 0 radical (unpaired) electrons. The van der Waals surface area contributed by atoms with Crippen LogP contribution in [0.15, 0.2) is 48.0 Å². The van der Waals surface area contributed by atoms with Crippen LogP contribution < -0.4 is 4.74 Å². The van der Waals surface area contributed by atoms with Crippen molar-refractivity contribution in [3.63, 3.8) is 0 Å². The van der Waals surface area contributed by atoms with Gasteiger partial charge in [-0.2, -0.15) is 0 Å². The van der Waals surface area contributed by atoms with Crippen molar-refractivity contribution in [3.05, 3.63) is 64.7 Å². The summed E-state index contributed by atoms with van der Waals surface area (Å²) in [5.74, 6) is -0.621. The lowest BCUT2D eigenvalue weighted by Gasteiger charge is -2.10. The molecule has 0 aliphatic carbocycles. The number of carboxylic acid groups (broad SMARTS) is 1. The van der Waals surface area contributed by atoms with Crippen molar-refractivity contribution in [1.29, 1.82) is 0 Å². The molecular weight excluding hydrogens is 342 g/mol. The first-order valence-corrected chi connectivity index (χ1v) is 8.00. The first-order valence-electron chi connectivity index (χ1n) is 7.62. The highest BCUT2D eigenvalue weighted by atomic mass is 35.5. The van der Waals surface area contributed by atoms with Crippen LogP contribution >= 0.6 is 11.6 Å². The molecule has 6 heteroatoms. The molecule has 25 heavy (non-hydrogen) atoms. The Morgan fingerprint density at radius 1 is 1.36 bits per heavy atom. The maximum absolute atomic E-state index is 11.0. The van der Waals surface area contributed by atoms with E-state index in [-0.39, 0.29) is 16.3 Å². The van der Waals surface area contributed by atoms with Crippen LogP contribution in [0.1, 0.15) is 28.4 Å². The molecule has 0 atom stereocenters. The summed E-state index contributed by atoms with van der Waals surface area (Å²) in [6, 6.07) is 7.93. The van der Waals surface area contributed by atoms with Gasteiger partial charge in [-0.3, -0.25) is 4.99 Å². The number of carbonyl (C=O) groups is 1. The Morgan fingerprint density at radius 3 is 2.72 bits per heavy atom. The lowest BCUT2D eigenvalue weighted by atomic mass is 10.1. The van der Waals surface area contributed by atoms with E-state index < -0.39 is 5.97 Å². The van der Waals surface area contributed by atoms with E-state index in [1.54, 1.807) is 30.5 Å². The van der Waals surface area contributed by atoms with E-state index in [0.717, 1.165) is 5.56 Å². The molecule has 0 bridgehead atoms. The number of aromatic hydroxyl groups is 1. The third-order valence-corrected chi connectivity index (χ3v) is 3.70. The van der Waals surface area contributed by atoms with Crippen molar-refractivity contribution in [1.82, 2.24) is 0 Å². The number of aliphatic imine (C=N–C) groups is 1. The summed E-state index contributed by atoms with van der Waals surface area (Å²) in [4.78, 5) is 15.3. The molecule has 0 aromatic heterocycles. The molecule has 130 valence electrons. The molecule has 0 unspecified atom stereocenters. The fourth-order valence-electron chi connectivity index (χ4n) is 2.25. The van der Waals surface area contributed by atoms with E-state index >= 15 is 0 Å². The zero-order valence-corrected chi connectivity index (χ0v) is 14.5. The normalized spacial score (nSPS) is 10.8. The molecular formula is C19H18ClNO4. The van der Waals surface area contributed by atoms with E-state index in [4.69, 9.17) is 21.4 Å². The molecule has 0 saturated carbocycles. The number of hydrogen-bond acceptors (Lipinski definition) is 4. The molecule has 0 amide bonds. The maximum atomic E-state index is 11.0. The zero-order valence-electron chi connectivity index (χ0n) is 13.7. The summed E-state index contributed by atoms with van der Waals surface area (Å²) in [5.41, 5.74) is 1.96. The minimum absolute atomic E-state index is 0.0251. The van der Waals surface area contributed by atoms with Gasteiger partial charge in [0.2, 0.25) is 0 Å². The number of allylic oxidation sites excluding steroid dienone is 1.